The van der Waals surface area contributed by atoms with E-state index in [-0.39, 0.29) is 11.8 Å². The normalized spacial score (nSPS) is 19.1. The maximum absolute atomic E-state index is 11.5. The zero-order chi connectivity index (χ0) is 16.5. The number of aliphatic imine (C=N–C) groups is 1. The van der Waals surface area contributed by atoms with Crippen LogP contribution in [0.1, 0.15) is 47.0 Å². The predicted octanol–water partition coefficient (Wildman–Crippen LogP) is 2.09. The Morgan fingerprint density at radius 1 is 1.23 bits per heavy atom. The van der Waals surface area contributed by atoms with Gasteiger partial charge < -0.3 is 15.5 Å². The van der Waals surface area contributed by atoms with E-state index in [0.717, 1.165) is 37.4 Å². The minimum absolute atomic E-state index is 0.0404. The molecule has 0 spiro atoms. The number of hydrogen-bond donors (Lipinski definition) is 2. The number of nitrogens with zero attached hydrogens (tertiary/aromatic N) is 2. The molecule has 1 unspecified atom stereocenters. The highest BCUT2D eigenvalue weighted by molar-refractivity contribution is 5.80. The van der Waals surface area contributed by atoms with Crippen LogP contribution in [0.2, 0.25) is 0 Å². The van der Waals surface area contributed by atoms with E-state index in [1.165, 1.54) is 19.3 Å². The van der Waals surface area contributed by atoms with Crippen LogP contribution in [0, 0.1) is 17.8 Å². The monoisotopic (exact) mass is 310 g/mol. The topological polar surface area (TPSA) is 56.7 Å². The summed E-state index contributed by atoms with van der Waals surface area (Å²) in [6, 6.07) is 0. The molecule has 1 amide bonds. The number of hydrogen-bond acceptors (Lipinski definition) is 2. The minimum atomic E-state index is 0.0404. The fourth-order valence-corrected chi connectivity index (χ4v) is 3.22. The van der Waals surface area contributed by atoms with Crippen molar-refractivity contribution in [1.29, 1.82) is 0 Å². The van der Waals surface area contributed by atoms with Gasteiger partial charge in [0.2, 0.25) is 5.91 Å². The first-order valence-corrected chi connectivity index (χ1v) is 8.76. The summed E-state index contributed by atoms with van der Waals surface area (Å²) < 4.78 is 0. The second kappa shape index (κ2) is 9.70. The van der Waals surface area contributed by atoms with Crippen molar-refractivity contribution in [2.45, 2.75) is 47.0 Å². The third-order valence-electron chi connectivity index (χ3n) is 4.68. The summed E-state index contributed by atoms with van der Waals surface area (Å²) in [5.74, 6) is 2.72. The van der Waals surface area contributed by atoms with Gasteiger partial charge in [0.1, 0.15) is 0 Å². The van der Waals surface area contributed by atoms with E-state index in [2.05, 4.69) is 34.4 Å². The van der Waals surface area contributed by atoms with Gasteiger partial charge in [0.05, 0.1) is 0 Å². The van der Waals surface area contributed by atoms with Crippen LogP contribution in [-0.4, -0.2) is 50.0 Å². The highest BCUT2D eigenvalue weighted by atomic mass is 16.1. The fraction of sp³-hybridized carbons (Fsp3) is 0.882. The van der Waals surface area contributed by atoms with Gasteiger partial charge in [0.25, 0.3) is 0 Å². The maximum Gasteiger partial charge on any atom is 0.222 e. The van der Waals surface area contributed by atoms with Crippen molar-refractivity contribution in [2.75, 3.05) is 33.2 Å². The highest BCUT2D eigenvalue weighted by Crippen LogP contribution is 2.28. The largest absolute Gasteiger partial charge is 0.354 e. The molecular formula is C17H34N4O. The first-order chi connectivity index (χ1) is 10.5. The SMILES string of the molecule is CCC(CC)C1CCN(C(=NC)NCCNC(=O)C(C)C)C1. The summed E-state index contributed by atoms with van der Waals surface area (Å²) in [6.45, 7) is 11.9. The smallest absolute Gasteiger partial charge is 0.222 e. The lowest BCUT2D eigenvalue weighted by Gasteiger charge is -2.24. The molecule has 0 saturated carbocycles. The van der Waals surface area contributed by atoms with Crippen LogP contribution < -0.4 is 10.6 Å². The van der Waals surface area contributed by atoms with Crippen molar-refractivity contribution in [2.24, 2.45) is 22.7 Å². The maximum atomic E-state index is 11.5. The molecule has 0 aliphatic carbocycles. The molecule has 128 valence electrons. The number of amides is 1. The molecule has 5 heteroatoms. The molecule has 22 heavy (non-hydrogen) atoms. The quantitative estimate of drug-likeness (QED) is 0.430. The molecule has 5 nitrogen and oxygen atoms in total. The summed E-state index contributed by atoms with van der Waals surface area (Å²) in [6.07, 6.45) is 3.79. The van der Waals surface area contributed by atoms with Crippen molar-refractivity contribution >= 4 is 11.9 Å². The van der Waals surface area contributed by atoms with Crippen molar-refractivity contribution in [3.8, 4) is 0 Å². The Morgan fingerprint density at radius 2 is 1.86 bits per heavy atom. The van der Waals surface area contributed by atoms with Gasteiger partial charge >= 0.3 is 0 Å². The van der Waals surface area contributed by atoms with Gasteiger partial charge in [-0.25, -0.2) is 0 Å². The fourth-order valence-electron chi connectivity index (χ4n) is 3.22. The van der Waals surface area contributed by atoms with Gasteiger partial charge in [-0.3, -0.25) is 9.79 Å². The van der Waals surface area contributed by atoms with Crippen LogP contribution in [0.3, 0.4) is 0 Å². The lowest BCUT2D eigenvalue weighted by molar-refractivity contribution is -0.123. The first kappa shape index (κ1) is 18.8. The molecule has 0 aromatic rings. The van der Waals surface area contributed by atoms with Crippen LogP contribution in [0.4, 0.5) is 0 Å². The molecule has 1 heterocycles. The summed E-state index contributed by atoms with van der Waals surface area (Å²) in [4.78, 5) is 18.3. The molecule has 1 aliphatic rings. The average molecular weight is 310 g/mol. The molecular weight excluding hydrogens is 276 g/mol. The number of likely N-dealkylation sites (tertiary alicyclic amines) is 1. The van der Waals surface area contributed by atoms with E-state index in [1.807, 2.05) is 20.9 Å². The van der Waals surface area contributed by atoms with Crippen molar-refractivity contribution < 1.29 is 4.79 Å². The van der Waals surface area contributed by atoms with Crippen LogP contribution in [-0.2, 0) is 4.79 Å². The molecule has 1 fully saturated rings. The molecule has 1 rings (SSSR count). The Bertz CT molecular complexity index is 364. The molecule has 1 aliphatic heterocycles. The van der Waals surface area contributed by atoms with Crippen LogP contribution >= 0.6 is 0 Å². The molecule has 0 bridgehead atoms. The number of guanidine groups is 1. The van der Waals surface area contributed by atoms with E-state index >= 15 is 0 Å². The van der Waals surface area contributed by atoms with Gasteiger partial charge in [0, 0.05) is 39.1 Å². The Morgan fingerprint density at radius 3 is 2.41 bits per heavy atom. The lowest BCUT2D eigenvalue weighted by Crippen LogP contribution is -2.43. The van der Waals surface area contributed by atoms with E-state index in [9.17, 15) is 4.79 Å². The summed E-state index contributed by atoms with van der Waals surface area (Å²) in [5, 5.41) is 6.28. The zero-order valence-electron chi connectivity index (χ0n) is 15.0. The standard InChI is InChI=1S/C17H34N4O/c1-6-14(7-2)15-8-11-21(12-15)17(18-5)20-10-9-19-16(22)13(3)4/h13-15H,6-12H2,1-5H3,(H,18,20)(H,19,22). The molecule has 2 N–H and O–H groups in total. The number of rotatable bonds is 7. The van der Waals surface area contributed by atoms with Gasteiger partial charge in [-0.15, -0.1) is 0 Å². The van der Waals surface area contributed by atoms with Crippen LogP contribution in [0.15, 0.2) is 4.99 Å². The molecule has 0 aromatic carbocycles. The Kier molecular flexibility index (Phi) is 8.28. The van der Waals surface area contributed by atoms with Crippen molar-refractivity contribution in [1.82, 2.24) is 15.5 Å². The number of carbonyl (C=O) groups excluding carboxylic acids is 1. The van der Waals surface area contributed by atoms with Crippen molar-refractivity contribution in [3.05, 3.63) is 0 Å². The van der Waals surface area contributed by atoms with E-state index in [4.69, 9.17) is 0 Å². The highest BCUT2D eigenvalue weighted by Gasteiger charge is 2.29. The third kappa shape index (κ3) is 5.50. The van der Waals surface area contributed by atoms with Crippen LogP contribution in [0.25, 0.3) is 0 Å². The Balaban J connectivity index is 2.35. The Hall–Kier alpha value is -1.26. The van der Waals surface area contributed by atoms with Gasteiger partial charge in [-0.05, 0) is 18.3 Å². The molecule has 0 aromatic heterocycles. The molecule has 1 saturated heterocycles. The van der Waals surface area contributed by atoms with Gasteiger partial charge in [-0.1, -0.05) is 40.5 Å². The third-order valence-corrected chi connectivity index (χ3v) is 4.68. The van der Waals surface area contributed by atoms with Gasteiger partial charge in [-0.2, -0.15) is 0 Å². The summed E-state index contributed by atoms with van der Waals surface area (Å²) in [5.41, 5.74) is 0. The van der Waals surface area contributed by atoms with E-state index in [0.29, 0.717) is 6.54 Å². The Labute approximate surface area is 135 Å². The second-order valence-corrected chi connectivity index (χ2v) is 6.49. The first-order valence-electron chi connectivity index (χ1n) is 8.76. The minimum Gasteiger partial charge on any atom is -0.354 e. The van der Waals surface area contributed by atoms with Crippen molar-refractivity contribution in [3.63, 3.8) is 0 Å². The second-order valence-electron chi connectivity index (χ2n) is 6.49. The molecule has 0 radical (unpaired) electrons. The average Bonchev–Trinajstić information content (AvgIpc) is 2.97. The zero-order valence-corrected chi connectivity index (χ0v) is 15.0. The predicted molar refractivity (Wildman–Crippen MR) is 93.0 cm³/mol. The lowest BCUT2D eigenvalue weighted by atomic mass is 9.87. The van der Waals surface area contributed by atoms with Gasteiger partial charge in [0.15, 0.2) is 5.96 Å². The van der Waals surface area contributed by atoms with E-state index in [1.54, 1.807) is 0 Å². The number of nitrogens with one attached hydrogen (secondary N) is 2. The summed E-state index contributed by atoms with van der Waals surface area (Å²) in [7, 11) is 1.83. The molecule has 1 atom stereocenters. The number of carbonyl (C=O) groups is 1. The summed E-state index contributed by atoms with van der Waals surface area (Å²) >= 11 is 0. The van der Waals surface area contributed by atoms with E-state index < -0.39 is 0 Å². The van der Waals surface area contributed by atoms with Crippen LogP contribution in [0.5, 0.6) is 0 Å².